The first-order valence-electron chi connectivity index (χ1n) is 8.22. The molecule has 1 N–H and O–H groups in total. The number of nitrogens with one attached hydrogen (secondary N) is 1. The summed E-state index contributed by atoms with van der Waals surface area (Å²) in [5, 5.41) is 4.62. The van der Waals surface area contributed by atoms with Crippen LogP contribution in [-0.4, -0.2) is 18.2 Å². The molecule has 0 unspecified atom stereocenters. The van der Waals surface area contributed by atoms with Gasteiger partial charge in [-0.2, -0.15) is 5.10 Å². The van der Waals surface area contributed by atoms with E-state index in [0.29, 0.717) is 16.7 Å². The third-order valence-corrected chi connectivity index (χ3v) is 4.04. The van der Waals surface area contributed by atoms with Gasteiger partial charge in [0.1, 0.15) is 5.75 Å². The lowest BCUT2D eigenvalue weighted by Gasteiger charge is -2.14. The molecule has 0 heterocycles. The van der Waals surface area contributed by atoms with E-state index in [0.717, 1.165) is 11.1 Å². The van der Waals surface area contributed by atoms with Crippen molar-refractivity contribution in [2.75, 3.05) is 0 Å². The highest BCUT2D eigenvalue weighted by molar-refractivity contribution is 6.30. The van der Waals surface area contributed by atoms with E-state index in [1.54, 1.807) is 31.3 Å². The van der Waals surface area contributed by atoms with E-state index in [1.807, 2.05) is 19.1 Å². The summed E-state index contributed by atoms with van der Waals surface area (Å²) < 4.78 is 5.66. The van der Waals surface area contributed by atoms with Crippen molar-refractivity contribution in [1.29, 1.82) is 0 Å². The van der Waals surface area contributed by atoms with Crippen LogP contribution in [0.15, 0.2) is 47.6 Å². The maximum absolute atomic E-state index is 12.1. The number of hydrogen-bond donors (Lipinski definition) is 1. The largest absolute Gasteiger partial charge is 0.481 e. The molecule has 0 aliphatic heterocycles. The van der Waals surface area contributed by atoms with Crippen molar-refractivity contribution in [3.05, 3.63) is 64.2 Å². The van der Waals surface area contributed by atoms with Crippen LogP contribution in [0.1, 0.15) is 43.4 Å². The van der Waals surface area contributed by atoms with Gasteiger partial charge in [0, 0.05) is 5.02 Å². The van der Waals surface area contributed by atoms with Crippen LogP contribution in [0.3, 0.4) is 0 Å². The van der Waals surface area contributed by atoms with Gasteiger partial charge >= 0.3 is 0 Å². The highest BCUT2D eigenvalue weighted by Crippen LogP contribution is 2.22. The monoisotopic (exact) mass is 358 g/mol. The Morgan fingerprint density at radius 3 is 2.44 bits per heavy atom. The molecule has 0 aliphatic carbocycles. The van der Waals surface area contributed by atoms with Crippen LogP contribution in [0, 0.1) is 6.92 Å². The fourth-order valence-corrected chi connectivity index (χ4v) is 2.44. The quantitative estimate of drug-likeness (QED) is 0.601. The Hall–Kier alpha value is -2.33. The van der Waals surface area contributed by atoms with Gasteiger partial charge in [0.15, 0.2) is 6.10 Å². The lowest BCUT2D eigenvalue weighted by Crippen LogP contribution is -2.33. The van der Waals surface area contributed by atoms with Gasteiger partial charge in [0.25, 0.3) is 5.91 Å². The molecule has 0 spiro atoms. The number of nitrogens with zero attached hydrogens (tertiary/aromatic N) is 1. The molecule has 0 radical (unpaired) electrons. The third-order valence-electron chi connectivity index (χ3n) is 3.80. The van der Waals surface area contributed by atoms with E-state index in [4.69, 9.17) is 16.3 Å². The predicted molar refractivity (Wildman–Crippen MR) is 103 cm³/mol. The fraction of sp³-hybridized carbons (Fsp3) is 0.300. The number of hydrazone groups is 1. The average Bonchev–Trinajstić information content (AvgIpc) is 2.57. The summed E-state index contributed by atoms with van der Waals surface area (Å²) in [5.74, 6) is 0.796. The number of hydrogen-bond acceptors (Lipinski definition) is 3. The van der Waals surface area contributed by atoms with Crippen molar-refractivity contribution >= 4 is 23.7 Å². The number of rotatable bonds is 6. The Labute approximate surface area is 153 Å². The first-order valence-corrected chi connectivity index (χ1v) is 8.60. The summed E-state index contributed by atoms with van der Waals surface area (Å²) in [4.78, 5) is 12.1. The molecule has 5 heteroatoms. The van der Waals surface area contributed by atoms with Crippen molar-refractivity contribution in [3.63, 3.8) is 0 Å². The second-order valence-corrected chi connectivity index (χ2v) is 6.66. The van der Waals surface area contributed by atoms with Crippen LogP contribution in [0.5, 0.6) is 5.75 Å². The molecule has 0 saturated heterocycles. The summed E-state index contributed by atoms with van der Waals surface area (Å²) in [6.07, 6.45) is 0.947. The molecule has 0 saturated carbocycles. The molecule has 0 aliphatic rings. The topological polar surface area (TPSA) is 50.7 Å². The second-order valence-electron chi connectivity index (χ2n) is 6.23. The normalized spacial score (nSPS) is 12.4. The highest BCUT2D eigenvalue weighted by atomic mass is 35.5. The summed E-state index contributed by atoms with van der Waals surface area (Å²) in [7, 11) is 0. The van der Waals surface area contributed by atoms with Crippen LogP contribution < -0.4 is 10.2 Å². The van der Waals surface area contributed by atoms with Gasteiger partial charge in [0.2, 0.25) is 0 Å². The molecular weight excluding hydrogens is 336 g/mol. The minimum absolute atomic E-state index is 0.315. The van der Waals surface area contributed by atoms with Gasteiger partial charge in [-0.15, -0.1) is 0 Å². The number of ether oxygens (including phenoxy) is 1. The molecule has 1 atom stereocenters. The van der Waals surface area contributed by atoms with E-state index in [2.05, 4.69) is 36.5 Å². The van der Waals surface area contributed by atoms with Crippen LogP contribution >= 0.6 is 11.6 Å². The van der Waals surface area contributed by atoms with E-state index < -0.39 is 6.10 Å². The number of aryl methyl sites for hydroxylation is 1. The van der Waals surface area contributed by atoms with Crippen molar-refractivity contribution in [2.45, 2.75) is 39.7 Å². The van der Waals surface area contributed by atoms with Gasteiger partial charge < -0.3 is 4.74 Å². The van der Waals surface area contributed by atoms with Crippen molar-refractivity contribution in [2.24, 2.45) is 5.10 Å². The lowest BCUT2D eigenvalue weighted by atomic mass is 10.0. The van der Waals surface area contributed by atoms with Gasteiger partial charge in [0.05, 0.1) is 6.21 Å². The van der Waals surface area contributed by atoms with Crippen molar-refractivity contribution in [1.82, 2.24) is 5.43 Å². The van der Waals surface area contributed by atoms with Crippen LogP contribution in [-0.2, 0) is 4.79 Å². The smallest absolute Gasteiger partial charge is 0.280 e. The number of halogens is 1. The molecule has 25 heavy (non-hydrogen) atoms. The first-order chi connectivity index (χ1) is 11.9. The van der Waals surface area contributed by atoms with Crippen LogP contribution in [0.2, 0.25) is 5.02 Å². The van der Waals surface area contributed by atoms with Gasteiger partial charge in [-0.1, -0.05) is 49.7 Å². The molecule has 0 fully saturated rings. The Kier molecular flexibility index (Phi) is 6.59. The van der Waals surface area contributed by atoms with Gasteiger partial charge in [-0.05, 0) is 54.7 Å². The molecule has 132 valence electrons. The summed E-state index contributed by atoms with van der Waals surface area (Å²) in [5.41, 5.74) is 5.56. The average molecular weight is 359 g/mol. The number of carbonyl (C=O) groups is 1. The maximum Gasteiger partial charge on any atom is 0.280 e. The molecule has 4 nitrogen and oxygen atoms in total. The van der Waals surface area contributed by atoms with E-state index in [1.165, 1.54) is 5.56 Å². The molecule has 0 bridgehead atoms. The SMILES string of the molecule is Cc1cc(Cl)ccc1O[C@H](C)C(=O)N/N=C\c1ccc(C(C)C)cc1. The Balaban J connectivity index is 1.90. The Morgan fingerprint density at radius 2 is 1.84 bits per heavy atom. The zero-order chi connectivity index (χ0) is 18.4. The molecule has 0 aromatic heterocycles. The molecule has 2 aromatic carbocycles. The first kappa shape index (κ1) is 19.0. The number of carbonyl (C=O) groups excluding carboxylic acids is 1. The van der Waals surface area contributed by atoms with Crippen molar-refractivity contribution in [3.8, 4) is 5.75 Å². The fourth-order valence-electron chi connectivity index (χ4n) is 2.22. The minimum Gasteiger partial charge on any atom is -0.481 e. The summed E-state index contributed by atoms with van der Waals surface area (Å²) in [6, 6.07) is 13.3. The van der Waals surface area contributed by atoms with Crippen LogP contribution in [0.4, 0.5) is 0 Å². The Bertz CT molecular complexity index is 755. The maximum atomic E-state index is 12.1. The molecule has 2 rings (SSSR count). The van der Waals surface area contributed by atoms with Gasteiger partial charge in [-0.3, -0.25) is 4.79 Å². The molecular formula is C20H23ClN2O2. The third kappa shape index (κ3) is 5.61. The zero-order valence-electron chi connectivity index (χ0n) is 14.9. The number of amides is 1. The van der Waals surface area contributed by atoms with Crippen LogP contribution in [0.25, 0.3) is 0 Å². The van der Waals surface area contributed by atoms with E-state index >= 15 is 0 Å². The van der Waals surface area contributed by atoms with E-state index in [-0.39, 0.29) is 5.91 Å². The summed E-state index contributed by atoms with van der Waals surface area (Å²) >= 11 is 5.92. The minimum atomic E-state index is -0.666. The zero-order valence-corrected chi connectivity index (χ0v) is 15.7. The summed E-state index contributed by atoms with van der Waals surface area (Å²) in [6.45, 7) is 7.85. The standard InChI is InChI=1S/C20H23ClN2O2/c1-13(2)17-7-5-16(6-8-17)12-22-23-20(24)15(4)25-19-10-9-18(21)11-14(19)3/h5-13,15H,1-4H3,(H,23,24)/b22-12-/t15-/m1/s1. The molecule has 2 aromatic rings. The van der Waals surface area contributed by atoms with Gasteiger partial charge in [-0.25, -0.2) is 5.43 Å². The lowest BCUT2D eigenvalue weighted by molar-refractivity contribution is -0.127. The second kappa shape index (κ2) is 8.67. The number of benzene rings is 2. The van der Waals surface area contributed by atoms with Crippen molar-refractivity contribution < 1.29 is 9.53 Å². The Morgan fingerprint density at radius 1 is 1.16 bits per heavy atom. The van der Waals surface area contributed by atoms with E-state index in [9.17, 15) is 4.79 Å². The molecule has 1 amide bonds. The predicted octanol–water partition coefficient (Wildman–Crippen LogP) is 4.69. The highest BCUT2D eigenvalue weighted by Gasteiger charge is 2.15.